The number of hydrogen-bond donors (Lipinski definition) is 0. The number of aromatic nitrogens is 1. The maximum atomic E-state index is 14.3. The Morgan fingerprint density at radius 2 is 1.83 bits per heavy atom. The van der Waals surface area contributed by atoms with Crippen molar-refractivity contribution in [3.05, 3.63) is 126 Å². The molecule has 0 aliphatic carbocycles. The SMILES string of the molecule is CCOC(=O)C1=C(C)N=c2s/c(=C\c3cccc(OC)c3OCc3ccccc3F)c(=O)n2[C@H]1c1ccc(C)cc1. The molecule has 0 radical (unpaired) electrons. The van der Waals surface area contributed by atoms with Crippen LogP contribution in [-0.2, 0) is 16.1 Å². The topological polar surface area (TPSA) is 79.1 Å². The molecule has 0 spiro atoms. The lowest BCUT2D eigenvalue weighted by molar-refractivity contribution is -0.139. The van der Waals surface area contributed by atoms with Crippen LogP contribution >= 0.6 is 11.3 Å². The number of carbonyl (C=O) groups is 1. The number of carbonyl (C=O) groups excluding carboxylic acids is 1. The zero-order valence-corrected chi connectivity index (χ0v) is 24.0. The second kappa shape index (κ2) is 11.9. The van der Waals surface area contributed by atoms with Crippen LogP contribution in [0, 0.1) is 12.7 Å². The van der Waals surface area contributed by atoms with Crippen LogP contribution in [0.25, 0.3) is 6.08 Å². The van der Waals surface area contributed by atoms with Gasteiger partial charge in [-0.2, -0.15) is 0 Å². The highest BCUT2D eigenvalue weighted by Crippen LogP contribution is 2.33. The molecular formula is C32H29FN2O5S. The number of hydrogen-bond acceptors (Lipinski definition) is 7. The summed E-state index contributed by atoms with van der Waals surface area (Å²) in [4.78, 5) is 32.2. The zero-order valence-electron chi connectivity index (χ0n) is 23.1. The van der Waals surface area contributed by atoms with Crippen molar-refractivity contribution < 1.29 is 23.4 Å². The quantitative estimate of drug-likeness (QED) is 0.283. The van der Waals surface area contributed by atoms with Gasteiger partial charge in [-0.15, -0.1) is 0 Å². The van der Waals surface area contributed by atoms with Gasteiger partial charge in [0.2, 0.25) is 0 Å². The molecule has 0 saturated heterocycles. The van der Waals surface area contributed by atoms with E-state index < -0.39 is 12.0 Å². The minimum Gasteiger partial charge on any atom is -0.493 e. The molecule has 1 aromatic heterocycles. The molecule has 1 aliphatic rings. The van der Waals surface area contributed by atoms with E-state index in [1.165, 1.54) is 24.5 Å². The fourth-order valence-corrected chi connectivity index (χ4v) is 5.76. The van der Waals surface area contributed by atoms with Gasteiger partial charge in [-0.05, 0) is 44.5 Å². The Bertz CT molecular complexity index is 1820. The van der Waals surface area contributed by atoms with E-state index in [0.29, 0.717) is 43.2 Å². The van der Waals surface area contributed by atoms with Crippen LogP contribution in [-0.4, -0.2) is 24.3 Å². The summed E-state index contributed by atoms with van der Waals surface area (Å²) in [7, 11) is 1.52. The van der Waals surface area contributed by atoms with Gasteiger partial charge in [-0.3, -0.25) is 9.36 Å². The summed E-state index contributed by atoms with van der Waals surface area (Å²) in [5, 5.41) is 0. The third-order valence-electron chi connectivity index (χ3n) is 6.76. The van der Waals surface area contributed by atoms with E-state index in [0.717, 1.165) is 11.1 Å². The van der Waals surface area contributed by atoms with Gasteiger partial charge in [0.25, 0.3) is 5.56 Å². The predicted octanol–water partition coefficient (Wildman–Crippen LogP) is 4.83. The normalized spacial score (nSPS) is 14.9. The van der Waals surface area contributed by atoms with Gasteiger partial charge in [0.05, 0.1) is 35.6 Å². The van der Waals surface area contributed by atoms with Crippen LogP contribution in [0.1, 0.15) is 42.1 Å². The average molecular weight is 573 g/mol. The first kappa shape index (κ1) is 28.0. The highest BCUT2D eigenvalue weighted by atomic mass is 32.1. The van der Waals surface area contributed by atoms with E-state index in [-0.39, 0.29) is 24.6 Å². The number of fused-ring (bicyclic) bond motifs is 1. The molecule has 0 unspecified atom stereocenters. The van der Waals surface area contributed by atoms with Gasteiger partial charge in [0.1, 0.15) is 12.4 Å². The van der Waals surface area contributed by atoms with Crippen molar-refractivity contribution in [2.24, 2.45) is 4.99 Å². The largest absolute Gasteiger partial charge is 0.493 e. The standard InChI is InChI=1S/C32H29FN2O5S/c1-5-39-31(37)27-20(3)34-32-35(28(27)21-15-13-19(2)14-16-21)30(36)26(41-32)17-22-10-8-12-25(38-4)29(22)40-18-23-9-6-7-11-24(23)33/h6-17,28H,5,18H2,1-4H3/b26-17-/t28-/m0/s1. The van der Waals surface area contributed by atoms with Crippen LogP contribution in [0.4, 0.5) is 4.39 Å². The van der Waals surface area contributed by atoms with Crippen molar-refractivity contribution >= 4 is 23.4 Å². The fourth-order valence-electron chi connectivity index (χ4n) is 4.72. The Hall–Kier alpha value is -4.50. The number of benzene rings is 3. The second-order valence-electron chi connectivity index (χ2n) is 9.47. The lowest BCUT2D eigenvalue weighted by Gasteiger charge is -2.24. The summed E-state index contributed by atoms with van der Waals surface area (Å²) in [5.74, 6) is -0.0604. The minimum absolute atomic E-state index is 0.0232. The number of nitrogens with zero attached hydrogens (tertiary/aromatic N) is 2. The molecule has 3 aromatic carbocycles. The Morgan fingerprint density at radius 3 is 2.54 bits per heavy atom. The van der Waals surface area contributed by atoms with Crippen molar-refractivity contribution in [2.75, 3.05) is 13.7 Å². The zero-order chi connectivity index (χ0) is 29.1. The third-order valence-corrected chi connectivity index (χ3v) is 7.74. The molecule has 0 fully saturated rings. The smallest absolute Gasteiger partial charge is 0.338 e. The van der Waals surface area contributed by atoms with E-state index in [9.17, 15) is 14.0 Å². The molecule has 4 aromatic rings. The fraction of sp³-hybridized carbons (Fsp3) is 0.219. The first-order valence-corrected chi connectivity index (χ1v) is 13.9. The number of ether oxygens (including phenoxy) is 3. The monoisotopic (exact) mass is 572 g/mol. The number of esters is 1. The Kier molecular flexibility index (Phi) is 8.16. The molecule has 1 atom stereocenters. The van der Waals surface area contributed by atoms with Gasteiger partial charge >= 0.3 is 5.97 Å². The summed E-state index contributed by atoms with van der Waals surface area (Å²) >= 11 is 1.21. The molecule has 9 heteroatoms. The summed E-state index contributed by atoms with van der Waals surface area (Å²) in [6.07, 6.45) is 1.71. The summed E-state index contributed by atoms with van der Waals surface area (Å²) in [5.41, 5.74) is 3.32. The van der Waals surface area contributed by atoms with Crippen molar-refractivity contribution in [3.8, 4) is 11.5 Å². The van der Waals surface area contributed by atoms with Crippen molar-refractivity contribution in [1.29, 1.82) is 0 Å². The van der Waals surface area contributed by atoms with E-state index in [1.54, 1.807) is 60.9 Å². The van der Waals surface area contributed by atoms with E-state index >= 15 is 0 Å². The number of methoxy groups -OCH3 is 1. The van der Waals surface area contributed by atoms with Crippen molar-refractivity contribution in [3.63, 3.8) is 0 Å². The molecule has 2 heterocycles. The number of aryl methyl sites for hydroxylation is 1. The molecule has 0 saturated carbocycles. The molecule has 0 N–H and O–H groups in total. The predicted molar refractivity (Wildman–Crippen MR) is 155 cm³/mol. The van der Waals surface area contributed by atoms with Gasteiger partial charge in [0.15, 0.2) is 16.3 Å². The van der Waals surface area contributed by atoms with Crippen molar-refractivity contribution in [1.82, 2.24) is 4.57 Å². The highest BCUT2D eigenvalue weighted by Gasteiger charge is 2.33. The Morgan fingerprint density at radius 1 is 1.07 bits per heavy atom. The average Bonchev–Trinajstić information content (AvgIpc) is 3.26. The lowest BCUT2D eigenvalue weighted by Crippen LogP contribution is -2.39. The number of halogens is 1. The first-order chi connectivity index (χ1) is 19.8. The number of rotatable bonds is 8. The third kappa shape index (κ3) is 5.58. The van der Waals surface area contributed by atoms with Gasteiger partial charge in [-0.1, -0.05) is 71.5 Å². The number of para-hydroxylation sites is 1. The van der Waals surface area contributed by atoms with Crippen molar-refractivity contribution in [2.45, 2.75) is 33.4 Å². The van der Waals surface area contributed by atoms with Gasteiger partial charge in [-0.25, -0.2) is 14.2 Å². The minimum atomic E-state index is -0.699. The number of allylic oxidation sites excluding steroid dienone is 1. The molecule has 0 amide bonds. The number of thiazole rings is 1. The van der Waals surface area contributed by atoms with E-state index in [4.69, 9.17) is 14.2 Å². The molecular weight excluding hydrogens is 543 g/mol. The van der Waals surface area contributed by atoms with Crippen LogP contribution in [0.5, 0.6) is 11.5 Å². The molecule has 7 nitrogen and oxygen atoms in total. The lowest BCUT2D eigenvalue weighted by atomic mass is 9.95. The van der Waals surface area contributed by atoms with Crippen LogP contribution in [0.2, 0.25) is 0 Å². The highest BCUT2D eigenvalue weighted by molar-refractivity contribution is 7.07. The summed E-state index contributed by atoms with van der Waals surface area (Å²) < 4.78 is 33.1. The van der Waals surface area contributed by atoms with Crippen LogP contribution in [0.3, 0.4) is 0 Å². The van der Waals surface area contributed by atoms with Gasteiger partial charge < -0.3 is 14.2 Å². The Labute approximate surface area is 240 Å². The molecule has 0 bridgehead atoms. The first-order valence-electron chi connectivity index (χ1n) is 13.1. The van der Waals surface area contributed by atoms with Crippen LogP contribution in [0.15, 0.2) is 87.8 Å². The summed E-state index contributed by atoms with van der Waals surface area (Å²) in [6, 6.07) is 18.7. The van der Waals surface area contributed by atoms with Gasteiger partial charge in [0, 0.05) is 11.1 Å². The van der Waals surface area contributed by atoms with E-state index in [1.807, 2.05) is 31.2 Å². The summed E-state index contributed by atoms with van der Waals surface area (Å²) in [6.45, 7) is 5.64. The van der Waals surface area contributed by atoms with E-state index in [2.05, 4.69) is 4.99 Å². The Balaban J connectivity index is 1.64. The molecule has 41 heavy (non-hydrogen) atoms. The molecule has 5 rings (SSSR count). The maximum Gasteiger partial charge on any atom is 0.338 e. The van der Waals surface area contributed by atoms with Crippen LogP contribution < -0.4 is 24.4 Å². The molecule has 210 valence electrons. The molecule has 1 aliphatic heterocycles. The maximum absolute atomic E-state index is 14.3. The second-order valence-corrected chi connectivity index (χ2v) is 10.5.